The van der Waals surface area contributed by atoms with Crippen LogP contribution in [-0.4, -0.2) is 13.6 Å². The number of rotatable bonds is 1. The van der Waals surface area contributed by atoms with Crippen molar-refractivity contribution in [2.75, 3.05) is 0 Å². The van der Waals surface area contributed by atoms with Gasteiger partial charge in [-0.1, -0.05) is 0 Å². The van der Waals surface area contributed by atoms with Crippen molar-refractivity contribution < 1.29 is 28.5 Å². The molecule has 0 aromatic carbocycles. The largest absolute Gasteiger partial charge is 0.281 e. The Balaban J connectivity index is 0. The van der Waals surface area contributed by atoms with Gasteiger partial charge in [0.15, 0.2) is 0 Å². The maximum absolute atomic E-state index is 7.50. The summed E-state index contributed by atoms with van der Waals surface area (Å²) < 4.78 is 1.43. The van der Waals surface area contributed by atoms with Crippen LogP contribution in [0.4, 0.5) is 0 Å². The van der Waals surface area contributed by atoms with Gasteiger partial charge in [-0.3, -0.25) is 9.59 Å². The van der Waals surface area contributed by atoms with Gasteiger partial charge in [0.05, 0.1) is 0 Å². The summed E-state index contributed by atoms with van der Waals surface area (Å²) in [6, 6.07) is 0. The SMILES string of the molecule is C=CC1=[C]([Ir])CC=C1.[C]=O.[C]=O. The molecule has 0 spiro atoms. The maximum atomic E-state index is 7.50. The quantitative estimate of drug-likeness (QED) is 0.718. The van der Waals surface area contributed by atoms with Crippen LogP contribution >= 0.6 is 0 Å². The van der Waals surface area contributed by atoms with Crippen LogP contribution in [0, 0.1) is 0 Å². The van der Waals surface area contributed by atoms with Crippen molar-refractivity contribution in [3.63, 3.8) is 0 Å². The van der Waals surface area contributed by atoms with Gasteiger partial charge in [0.2, 0.25) is 0 Å². The van der Waals surface area contributed by atoms with E-state index in [0.717, 1.165) is 6.42 Å². The van der Waals surface area contributed by atoms with Crippen molar-refractivity contribution in [2.45, 2.75) is 6.42 Å². The van der Waals surface area contributed by atoms with Crippen molar-refractivity contribution >= 4 is 13.6 Å². The molecule has 0 heterocycles. The summed E-state index contributed by atoms with van der Waals surface area (Å²) in [5.74, 6) is 0. The second-order valence-corrected chi connectivity index (χ2v) is 3.09. The molecule has 0 saturated carbocycles. The Bertz CT molecular complexity index is 193. The second kappa shape index (κ2) is 10.2. The van der Waals surface area contributed by atoms with Gasteiger partial charge < -0.3 is 0 Å². The van der Waals surface area contributed by atoms with Crippen LogP contribution in [0.3, 0.4) is 0 Å². The Morgan fingerprint density at radius 2 is 1.92 bits per heavy atom. The molecule has 64 valence electrons. The van der Waals surface area contributed by atoms with Crippen molar-refractivity contribution in [2.24, 2.45) is 0 Å². The zero-order valence-corrected chi connectivity index (χ0v) is 8.69. The van der Waals surface area contributed by atoms with E-state index in [1.165, 1.54) is 9.66 Å². The van der Waals surface area contributed by atoms with Crippen LogP contribution in [0.1, 0.15) is 6.42 Å². The number of carbonyl (C=O) groups excluding carboxylic acids is 2. The van der Waals surface area contributed by atoms with Crippen LogP contribution in [0.2, 0.25) is 0 Å². The van der Waals surface area contributed by atoms with E-state index in [9.17, 15) is 0 Å². The average Bonchev–Trinajstić information content (AvgIpc) is 2.58. The number of allylic oxidation sites excluding steroid dienone is 5. The molecule has 0 saturated heterocycles. The molecule has 4 radical (unpaired) electrons. The molecule has 1 aliphatic rings. The Morgan fingerprint density at radius 1 is 1.42 bits per heavy atom. The summed E-state index contributed by atoms with van der Waals surface area (Å²) in [6.07, 6.45) is 7.29. The zero-order chi connectivity index (χ0) is 9.98. The summed E-state index contributed by atoms with van der Waals surface area (Å²) in [7, 11) is 0. The predicted molar refractivity (Wildman–Crippen MR) is 42.4 cm³/mol. The molecule has 0 aromatic rings. The third-order valence-electron chi connectivity index (χ3n) is 1.11. The minimum Gasteiger partial charge on any atom is -0.281 e. The number of hydrogen-bond acceptors (Lipinski definition) is 2. The molecular formula is C9H7IrO2. The first-order valence-corrected chi connectivity index (χ1v) is 4.10. The molecule has 0 amide bonds. The smallest absolute Gasteiger partial charge is 0.281 e. The number of hydrogen-bond donors (Lipinski definition) is 0. The normalized spacial score (nSPS) is 12.5. The Morgan fingerprint density at radius 3 is 2.08 bits per heavy atom. The minimum absolute atomic E-state index is 1.11. The summed E-state index contributed by atoms with van der Waals surface area (Å²) in [6.45, 7) is 12.7. The molecule has 3 heteroatoms. The van der Waals surface area contributed by atoms with Gasteiger partial charge in [0.1, 0.15) is 0 Å². The van der Waals surface area contributed by atoms with Gasteiger partial charge >= 0.3 is 59.8 Å². The second-order valence-electron chi connectivity index (χ2n) is 1.64. The van der Waals surface area contributed by atoms with Crippen LogP contribution in [0.25, 0.3) is 0 Å². The van der Waals surface area contributed by atoms with E-state index in [-0.39, 0.29) is 0 Å². The molecule has 2 nitrogen and oxygen atoms in total. The van der Waals surface area contributed by atoms with E-state index < -0.39 is 0 Å². The Hall–Kier alpha value is -0.791. The standard InChI is InChI=1S/C7H7.2CO.Ir/c1-2-7-5-3-4-6-7;2*1-2;/h2-3,5H,1,4H2;;;. The van der Waals surface area contributed by atoms with Crippen molar-refractivity contribution in [1.29, 1.82) is 0 Å². The molecule has 12 heavy (non-hydrogen) atoms. The monoisotopic (exact) mass is 340 g/mol. The molecular weight excluding hydrogens is 332 g/mol. The van der Waals surface area contributed by atoms with Gasteiger partial charge in [-0.2, -0.15) is 0 Å². The van der Waals surface area contributed by atoms with Gasteiger partial charge in [-0.25, -0.2) is 0 Å². The first kappa shape index (κ1) is 13.8. The third-order valence-corrected chi connectivity index (χ3v) is 2.29. The van der Waals surface area contributed by atoms with Crippen LogP contribution in [-0.2, 0) is 28.5 Å². The van der Waals surface area contributed by atoms with E-state index in [2.05, 4.69) is 51.2 Å². The molecule has 1 aliphatic carbocycles. The molecule has 0 atom stereocenters. The molecule has 1 rings (SSSR count). The maximum Gasteiger partial charge on any atom is 0.281 e. The van der Waals surface area contributed by atoms with E-state index in [0.29, 0.717) is 0 Å². The fourth-order valence-electron chi connectivity index (χ4n) is 0.663. The Labute approximate surface area is 83.2 Å². The molecule has 0 aromatic heterocycles. The minimum atomic E-state index is 1.11. The first-order chi connectivity index (χ1) is 5.84. The fourth-order valence-corrected chi connectivity index (χ4v) is 1.39. The zero-order valence-electron chi connectivity index (χ0n) is 6.30. The van der Waals surface area contributed by atoms with Gasteiger partial charge in [-0.15, -0.1) is 0 Å². The third kappa shape index (κ3) is 4.94. The first-order valence-electron chi connectivity index (χ1n) is 2.91. The van der Waals surface area contributed by atoms with E-state index in [1.807, 2.05) is 6.08 Å². The van der Waals surface area contributed by atoms with E-state index in [1.54, 1.807) is 0 Å². The van der Waals surface area contributed by atoms with E-state index in [4.69, 9.17) is 9.59 Å². The van der Waals surface area contributed by atoms with Gasteiger partial charge in [0, 0.05) is 0 Å². The van der Waals surface area contributed by atoms with Crippen LogP contribution in [0.15, 0.2) is 34.5 Å². The van der Waals surface area contributed by atoms with E-state index >= 15 is 0 Å². The molecule has 0 unspecified atom stereocenters. The van der Waals surface area contributed by atoms with Gasteiger partial charge in [-0.05, 0) is 0 Å². The summed E-state index contributed by atoms with van der Waals surface area (Å²) in [5.41, 5.74) is 1.30. The van der Waals surface area contributed by atoms with Crippen LogP contribution in [0.5, 0.6) is 0 Å². The van der Waals surface area contributed by atoms with Crippen molar-refractivity contribution in [3.8, 4) is 0 Å². The fraction of sp³-hybridized carbons (Fsp3) is 0.111. The average molecular weight is 339 g/mol. The topological polar surface area (TPSA) is 34.1 Å². The summed E-state index contributed by atoms with van der Waals surface area (Å²) in [5, 5.41) is 0. The van der Waals surface area contributed by atoms with Crippen molar-refractivity contribution in [3.05, 3.63) is 34.5 Å². The molecule has 0 N–H and O–H groups in total. The van der Waals surface area contributed by atoms with Crippen LogP contribution < -0.4 is 0 Å². The molecule has 0 bridgehead atoms. The predicted octanol–water partition coefficient (Wildman–Crippen LogP) is 1.14. The van der Waals surface area contributed by atoms with Crippen molar-refractivity contribution in [1.82, 2.24) is 0 Å². The summed E-state index contributed by atoms with van der Waals surface area (Å²) in [4.78, 5) is 15.0. The molecule has 0 aliphatic heterocycles. The molecule has 0 fully saturated rings. The Kier molecular flexibility index (Phi) is 11.7. The summed E-state index contributed by atoms with van der Waals surface area (Å²) >= 11 is 2.14. The van der Waals surface area contributed by atoms with Gasteiger partial charge in [0.25, 0.3) is 13.6 Å².